The number of carbonyl (C=O) groups excluding carboxylic acids is 1. The molecule has 1 amide bonds. The molecule has 1 aliphatic rings. The zero-order valence-corrected chi connectivity index (χ0v) is 14.0. The van der Waals surface area contributed by atoms with Crippen molar-refractivity contribution in [2.45, 2.75) is 25.6 Å². The van der Waals surface area contributed by atoms with Gasteiger partial charge in [-0.1, -0.05) is 15.9 Å². The number of carboxylic acid groups (broad SMARTS) is 1. The first-order valence-electron chi connectivity index (χ1n) is 6.84. The smallest absolute Gasteiger partial charge is 0.417 e. The number of hydrogen-bond acceptors (Lipinski definition) is 3. The molecule has 0 fully saturated rings. The molecule has 9 heteroatoms. The second-order valence-electron chi connectivity index (χ2n) is 5.41. The second kappa shape index (κ2) is 6.46. The summed E-state index contributed by atoms with van der Waals surface area (Å²) in [7, 11) is 0. The van der Waals surface area contributed by atoms with Crippen molar-refractivity contribution < 1.29 is 33.0 Å². The van der Waals surface area contributed by atoms with E-state index in [2.05, 4.69) is 15.9 Å². The number of rotatable bonds is 2. The van der Waals surface area contributed by atoms with Gasteiger partial charge < -0.3 is 15.1 Å². The minimum atomic E-state index is -4.62. The van der Waals surface area contributed by atoms with Crippen LogP contribution in [0.1, 0.15) is 29.3 Å². The SMILES string of the molecule is C[C@@H]1CC(C(=O)O)=C(O)CN1C(=O)c1ccc(Br)c(C(F)(F)F)c1. The van der Waals surface area contributed by atoms with E-state index in [0.717, 1.165) is 17.0 Å². The summed E-state index contributed by atoms with van der Waals surface area (Å²) in [5, 5.41) is 18.7. The molecule has 0 unspecified atom stereocenters. The maximum Gasteiger partial charge on any atom is 0.417 e. The van der Waals surface area contributed by atoms with Gasteiger partial charge in [0.25, 0.3) is 5.91 Å². The Balaban J connectivity index is 2.35. The van der Waals surface area contributed by atoms with Crippen molar-refractivity contribution in [2.75, 3.05) is 6.54 Å². The Bertz CT molecular complexity index is 730. The number of nitrogens with zero attached hydrogens (tertiary/aromatic N) is 1. The van der Waals surface area contributed by atoms with Crippen molar-refractivity contribution in [3.05, 3.63) is 45.1 Å². The van der Waals surface area contributed by atoms with Crippen LogP contribution >= 0.6 is 15.9 Å². The highest BCUT2D eigenvalue weighted by Crippen LogP contribution is 2.36. The summed E-state index contributed by atoms with van der Waals surface area (Å²) in [5.41, 5.74) is -1.37. The van der Waals surface area contributed by atoms with E-state index in [1.807, 2.05) is 0 Å². The van der Waals surface area contributed by atoms with E-state index in [1.165, 1.54) is 6.07 Å². The maximum absolute atomic E-state index is 12.9. The van der Waals surface area contributed by atoms with Crippen LogP contribution in [0.4, 0.5) is 13.2 Å². The third-order valence-electron chi connectivity index (χ3n) is 3.74. The van der Waals surface area contributed by atoms with E-state index in [-0.39, 0.29) is 28.6 Å². The number of aliphatic hydroxyl groups is 1. The lowest BCUT2D eigenvalue weighted by atomic mass is 9.98. The van der Waals surface area contributed by atoms with Crippen molar-refractivity contribution in [2.24, 2.45) is 0 Å². The van der Waals surface area contributed by atoms with Crippen LogP contribution < -0.4 is 0 Å². The lowest BCUT2D eigenvalue weighted by Crippen LogP contribution is -2.44. The van der Waals surface area contributed by atoms with Crippen molar-refractivity contribution in [1.82, 2.24) is 4.90 Å². The van der Waals surface area contributed by atoms with E-state index in [9.17, 15) is 27.9 Å². The molecule has 0 radical (unpaired) electrons. The lowest BCUT2D eigenvalue weighted by Gasteiger charge is -2.33. The monoisotopic (exact) mass is 407 g/mol. The van der Waals surface area contributed by atoms with Gasteiger partial charge in [-0.05, 0) is 25.1 Å². The minimum absolute atomic E-state index is 0.0877. The first kappa shape index (κ1) is 18.3. The number of aliphatic hydroxyl groups excluding tert-OH is 1. The zero-order valence-electron chi connectivity index (χ0n) is 12.4. The molecule has 0 saturated carbocycles. The van der Waals surface area contributed by atoms with E-state index in [4.69, 9.17) is 5.11 Å². The number of halogens is 4. The summed E-state index contributed by atoms with van der Waals surface area (Å²) in [5.74, 6) is -2.46. The molecule has 0 spiro atoms. The van der Waals surface area contributed by atoms with E-state index < -0.39 is 35.4 Å². The highest BCUT2D eigenvalue weighted by Gasteiger charge is 2.36. The van der Waals surface area contributed by atoms with Crippen LogP contribution in [0, 0.1) is 0 Å². The standard InChI is InChI=1S/C15H13BrF3NO4/c1-7-4-9(14(23)24)12(21)6-20(7)13(22)8-2-3-11(16)10(5-8)15(17,18)19/h2-3,5,7,21H,4,6H2,1H3,(H,23,24)/t7-/m1/s1. The third-order valence-corrected chi connectivity index (χ3v) is 4.43. The Kier molecular flexibility index (Phi) is 4.93. The number of carboxylic acids is 1. The Morgan fingerprint density at radius 2 is 1.96 bits per heavy atom. The molecule has 24 heavy (non-hydrogen) atoms. The molecule has 1 aromatic rings. The summed E-state index contributed by atoms with van der Waals surface area (Å²) in [6.07, 6.45) is -4.71. The molecule has 5 nitrogen and oxygen atoms in total. The molecule has 2 rings (SSSR count). The number of hydrogen-bond donors (Lipinski definition) is 2. The van der Waals surface area contributed by atoms with Crippen molar-refractivity contribution in [3.8, 4) is 0 Å². The van der Waals surface area contributed by atoms with Gasteiger partial charge in [-0.3, -0.25) is 4.79 Å². The summed E-state index contributed by atoms with van der Waals surface area (Å²) < 4.78 is 38.7. The van der Waals surface area contributed by atoms with E-state index >= 15 is 0 Å². The Labute approximate surface area is 143 Å². The fourth-order valence-electron chi connectivity index (χ4n) is 2.46. The quantitative estimate of drug-likeness (QED) is 0.784. The number of aliphatic carboxylic acids is 1. The van der Waals surface area contributed by atoms with Gasteiger partial charge in [0.05, 0.1) is 17.7 Å². The molecule has 1 aromatic carbocycles. The first-order valence-corrected chi connectivity index (χ1v) is 7.63. The van der Waals surface area contributed by atoms with Crippen molar-refractivity contribution >= 4 is 27.8 Å². The topological polar surface area (TPSA) is 77.8 Å². The summed E-state index contributed by atoms with van der Waals surface area (Å²) >= 11 is 2.80. The second-order valence-corrected chi connectivity index (χ2v) is 6.26. The molecule has 1 aliphatic heterocycles. The molecular weight excluding hydrogens is 395 g/mol. The minimum Gasteiger partial charge on any atom is -0.510 e. The van der Waals surface area contributed by atoms with Crippen LogP contribution in [-0.2, 0) is 11.0 Å². The Hall–Kier alpha value is -2.03. The fourth-order valence-corrected chi connectivity index (χ4v) is 2.93. The first-order chi connectivity index (χ1) is 11.0. The predicted molar refractivity (Wildman–Crippen MR) is 81.6 cm³/mol. The number of amides is 1. The molecule has 1 atom stereocenters. The molecular formula is C15H13BrF3NO4. The summed E-state index contributed by atoms with van der Waals surface area (Å²) in [6.45, 7) is 1.20. The van der Waals surface area contributed by atoms with Crippen LogP contribution in [-0.4, -0.2) is 39.6 Å². The summed E-state index contributed by atoms with van der Waals surface area (Å²) in [6, 6.07) is 2.52. The van der Waals surface area contributed by atoms with E-state index in [1.54, 1.807) is 6.92 Å². The van der Waals surface area contributed by atoms with Crippen LogP contribution in [0.2, 0.25) is 0 Å². The lowest BCUT2D eigenvalue weighted by molar-refractivity contribution is -0.138. The predicted octanol–water partition coefficient (Wildman–Crippen LogP) is 3.60. The average molecular weight is 408 g/mol. The Morgan fingerprint density at radius 1 is 1.33 bits per heavy atom. The van der Waals surface area contributed by atoms with Crippen LogP contribution in [0.15, 0.2) is 34.0 Å². The van der Waals surface area contributed by atoms with Gasteiger partial charge >= 0.3 is 12.1 Å². The van der Waals surface area contributed by atoms with Crippen LogP contribution in [0.5, 0.6) is 0 Å². The van der Waals surface area contributed by atoms with Crippen molar-refractivity contribution in [1.29, 1.82) is 0 Å². The normalized spacial score (nSPS) is 18.7. The van der Waals surface area contributed by atoms with Gasteiger partial charge in [0, 0.05) is 22.5 Å². The maximum atomic E-state index is 12.9. The summed E-state index contributed by atoms with van der Waals surface area (Å²) in [4.78, 5) is 24.6. The molecule has 0 aliphatic carbocycles. The number of benzene rings is 1. The number of carbonyl (C=O) groups is 2. The fraction of sp³-hybridized carbons (Fsp3) is 0.333. The Morgan fingerprint density at radius 3 is 2.50 bits per heavy atom. The molecule has 1 heterocycles. The van der Waals surface area contributed by atoms with E-state index in [0.29, 0.717) is 0 Å². The van der Waals surface area contributed by atoms with Crippen LogP contribution in [0.25, 0.3) is 0 Å². The largest absolute Gasteiger partial charge is 0.510 e. The highest BCUT2D eigenvalue weighted by molar-refractivity contribution is 9.10. The molecule has 130 valence electrons. The third kappa shape index (κ3) is 3.55. The van der Waals surface area contributed by atoms with Crippen molar-refractivity contribution in [3.63, 3.8) is 0 Å². The molecule has 2 N–H and O–H groups in total. The average Bonchev–Trinajstić information content (AvgIpc) is 2.47. The molecule has 0 aromatic heterocycles. The van der Waals surface area contributed by atoms with Gasteiger partial charge in [0.2, 0.25) is 0 Å². The zero-order chi connectivity index (χ0) is 18.2. The highest BCUT2D eigenvalue weighted by atomic mass is 79.9. The van der Waals surface area contributed by atoms with Gasteiger partial charge in [0.1, 0.15) is 5.76 Å². The molecule has 0 saturated heterocycles. The van der Waals surface area contributed by atoms with Gasteiger partial charge in [-0.2, -0.15) is 13.2 Å². The van der Waals surface area contributed by atoms with Gasteiger partial charge in [-0.25, -0.2) is 4.79 Å². The molecule has 0 bridgehead atoms. The number of alkyl halides is 3. The van der Waals surface area contributed by atoms with Crippen LogP contribution in [0.3, 0.4) is 0 Å². The van der Waals surface area contributed by atoms with Gasteiger partial charge in [0.15, 0.2) is 0 Å². The van der Waals surface area contributed by atoms with Gasteiger partial charge in [-0.15, -0.1) is 0 Å².